The fraction of sp³-hybridized carbons (Fsp3) is 0.467. The summed E-state index contributed by atoms with van der Waals surface area (Å²) in [5, 5.41) is 2.53. The Bertz CT molecular complexity index is 773. The van der Waals surface area contributed by atoms with Crippen molar-refractivity contribution < 1.29 is 17.9 Å². The van der Waals surface area contributed by atoms with Gasteiger partial charge in [-0.1, -0.05) is 12.1 Å². The number of rotatable bonds is 4. The number of alkyl carbamates (subject to hydrolysis) is 1. The maximum Gasteiger partial charge on any atom is 0.407 e. The largest absolute Gasteiger partial charge is 0.444 e. The van der Waals surface area contributed by atoms with Crippen LogP contribution in [0.5, 0.6) is 0 Å². The Morgan fingerprint density at radius 3 is 2.61 bits per heavy atom. The highest BCUT2D eigenvalue weighted by atomic mass is 32.2. The van der Waals surface area contributed by atoms with E-state index in [1.54, 1.807) is 33.8 Å². The molecular weight excluding hydrogens is 336 g/mol. The van der Waals surface area contributed by atoms with Gasteiger partial charge in [0, 0.05) is 6.04 Å². The molecule has 23 heavy (non-hydrogen) atoms. The topological polar surface area (TPSA) is 85.4 Å². The number of benzene rings is 1. The average Bonchev–Trinajstić information content (AvgIpc) is 2.79. The van der Waals surface area contributed by atoms with Crippen LogP contribution >= 0.6 is 11.3 Å². The Labute approximate surface area is 139 Å². The van der Waals surface area contributed by atoms with E-state index in [-0.39, 0.29) is 10.1 Å². The number of hydrogen-bond donors (Lipinski definition) is 1. The Morgan fingerprint density at radius 2 is 2.00 bits per heavy atom. The quantitative estimate of drug-likeness (QED) is 0.910. The number of sulfone groups is 1. The van der Waals surface area contributed by atoms with Crippen LogP contribution in [0.4, 0.5) is 4.79 Å². The molecule has 1 atom stereocenters. The number of aromatic nitrogens is 1. The van der Waals surface area contributed by atoms with Gasteiger partial charge in [0.15, 0.2) is 0 Å². The zero-order valence-electron chi connectivity index (χ0n) is 13.5. The number of nitrogens with zero attached hydrogens (tertiary/aromatic N) is 1. The molecule has 0 saturated heterocycles. The molecule has 0 saturated carbocycles. The molecule has 8 heteroatoms. The second kappa shape index (κ2) is 6.45. The summed E-state index contributed by atoms with van der Waals surface area (Å²) in [5.41, 5.74) is 0.0271. The normalized spacial score (nSPS) is 13.7. The van der Waals surface area contributed by atoms with Crippen LogP contribution in [0.15, 0.2) is 28.6 Å². The molecule has 0 radical (unpaired) electrons. The minimum absolute atomic E-state index is 0.0662. The predicted molar refractivity (Wildman–Crippen MR) is 90.5 cm³/mol. The first-order valence-corrected chi connectivity index (χ1v) is 9.61. The van der Waals surface area contributed by atoms with Crippen LogP contribution < -0.4 is 5.32 Å². The summed E-state index contributed by atoms with van der Waals surface area (Å²) in [6, 6.07) is 6.66. The van der Waals surface area contributed by atoms with Crippen LogP contribution in [0.25, 0.3) is 10.2 Å². The van der Waals surface area contributed by atoms with Crippen molar-refractivity contribution >= 4 is 37.5 Å². The number of fused-ring (bicyclic) bond motifs is 1. The molecular formula is C15H20N2O4S2. The van der Waals surface area contributed by atoms with Crippen molar-refractivity contribution in [2.45, 2.75) is 43.7 Å². The third kappa shape index (κ3) is 4.90. The molecule has 2 rings (SSSR count). The maximum absolute atomic E-state index is 12.4. The van der Waals surface area contributed by atoms with Crippen molar-refractivity contribution in [1.29, 1.82) is 0 Å². The number of carbonyl (C=O) groups excluding carboxylic acids is 1. The number of nitrogens with one attached hydrogen (secondary N) is 1. The van der Waals surface area contributed by atoms with Gasteiger partial charge in [-0.05, 0) is 39.8 Å². The number of ether oxygens (including phenoxy) is 1. The molecule has 126 valence electrons. The van der Waals surface area contributed by atoms with E-state index in [4.69, 9.17) is 4.74 Å². The fourth-order valence-electron chi connectivity index (χ4n) is 1.93. The highest BCUT2D eigenvalue weighted by Gasteiger charge is 2.25. The molecule has 1 amide bonds. The molecule has 0 aliphatic rings. The van der Waals surface area contributed by atoms with Crippen molar-refractivity contribution in [2.75, 3.05) is 5.75 Å². The van der Waals surface area contributed by atoms with E-state index >= 15 is 0 Å². The second-order valence-corrected chi connectivity index (χ2v) is 9.51. The minimum Gasteiger partial charge on any atom is -0.444 e. The number of para-hydroxylation sites is 1. The van der Waals surface area contributed by atoms with Crippen molar-refractivity contribution in [3.63, 3.8) is 0 Å². The number of thiazole rings is 1. The van der Waals surface area contributed by atoms with E-state index in [2.05, 4.69) is 10.3 Å². The summed E-state index contributed by atoms with van der Waals surface area (Å²) >= 11 is 1.13. The summed E-state index contributed by atoms with van der Waals surface area (Å²) in [6.45, 7) is 6.86. The van der Waals surface area contributed by atoms with Crippen LogP contribution in [0.3, 0.4) is 0 Å². The molecule has 0 aliphatic carbocycles. The first-order chi connectivity index (χ1) is 10.6. The van der Waals surface area contributed by atoms with Gasteiger partial charge in [-0.2, -0.15) is 0 Å². The van der Waals surface area contributed by atoms with E-state index in [1.807, 2.05) is 18.2 Å². The van der Waals surface area contributed by atoms with Crippen molar-refractivity contribution in [3.8, 4) is 0 Å². The maximum atomic E-state index is 12.4. The van der Waals surface area contributed by atoms with Crippen molar-refractivity contribution in [2.24, 2.45) is 0 Å². The van der Waals surface area contributed by atoms with Gasteiger partial charge >= 0.3 is 6.09 Å². The van der Waals surface area contributed by atoms with Crippen LogP contribution in [0.1, 0.15) is 27.7 Å². The molecule has 2 aromatic rings. The molecule has 0 fully saturated rings. The van der Waals surface area contributed by atoms with Crippen LogP contribution in [-0.2, 0) is 14.6 Å². The number of hydrogen-bond acceptors (Lipinski definition) is 6. The highest BCUT2D eigenvalue weighted by Crippen LogP contribution is 2.26. The summed E-state index contributed by atoms with van der Waals surface area (Å²) in [5.74, 6) is -0.230. The van der Waals surface area contributed by atoms with Gasteiger partial charge < -0.3 is 10.1 Å². The average molecular weight is 356 g/mol. The molecule has 1 aromatic heterocycles. The van der Waals surface area contributed by atoms with Gasteiger partial charge in [0.05, 0.1) is 16.0 Å². The Balaban J connectivity index is 2.07. The van der Waals surface area contributed by atoms with E-state index in [0.29, 0.717) is 5.52 Å². The lowest BCUT2D eigenvalue weighted by Gasteiger charge is -2.21. The summed E-state index contributed by atoms with van der Waals surface area (Å²) < 4.78 is 30.9. The summed E-state index contributed by atoms with van der Waals surface area (Å²) in [7, 11) is -3.57. The van der Waals surface area contributed by atoms with E-state index in [1.165, 1.54) is 0 Å². The monoisotopic (exact) mass is 356 g/mol. The molecule has 0 bridgehead atoms. The van der Waals surface area contributed by atoms with E-state index < -0.39 is 27.6 Å². The lowest BCUT2D eigenvalue weighted by atomic mass is 10.2. The molecule has 0 aliphatic heterocycles. The third-order valence-corrected chi connectivity index (χ3v) is 6.18. The first kappa shape index (κ1) is 17.7. The Hall–Kier alpha value is -1.67. The Kier molecular flexibility index (Phi) is 4.95. The molecule has 1 aromatic carbocycles. The standard InChI is InChI=1S/C15H20N2O4S2/c1-10(16-13(18)21-15(2,3)4)9-23(19,20)14-17-11-7-5-6-8-12(11)22-14/h5-8,10H,9H2,1-4H3,(H,16,18). The van der Waals surface area contributed by atoms with E-state index in [0.717, 1.165) is 16.0 Å². The second-order valence-electron chi connectivity index (χ2n) is 6.28. The number of amides is 1. The van der Waals surface area contributed by atoms with Crippen LogP contribution in [0.2, 0.25) is 0 Å². The molecule has 1 N–H and O–H groups in total. The highest BCUT2D eigenvalue weighted by molar-refractivity contribution is 7.93. The molecule has 1 unspecified atom stereocenters. The van der Waals surface area contributed by atoms with Gasteiger partial charge in [-0.15, -0.1) is 11.3 Å². The van der Waals surface area contributed by atoms with E-state index in [9.17, 15) is 13.2 Å². The smallest absolute Gasteiger partial charge is 0.407 e. The number of carbonyl (C=O) groups is 1. The minimum atomic E-state index is -3.57. The van der Waals surface area contributed by atoms with Crippen LogP contribution in [0, 0.1) is 0 Å². The zero-order valence-corrected chi connectivity index (χ0v) is 15.1. The predicted octanol–water partition coefficient (Wildman–Crippen LogP) is 2.98. The van der Waals surface area contributed by atoms with Gasteiger partial charge in [-0.25, -0.2) is 18.2 Å². The van der Waals surface area contributed by atoms with Gasteiger partial charge in [0.2, 0.25) is 14.2 Å². The SMILES string of the molecule is CC(CS(=O)(=O)c1nc2ccccc2s1)NC(=O)OC(C)(C)C. The van der Waals surface area contributed by atoms with Gasteiger partial charge in [0.1, 0.15) is 5.60 Å². The summed E-state index contributed by atoms with van der Waals surface area (Å²) in [4.78, 5) is 15.9. The summed E-state index contributed by atoms with van der Waals surface area (Å²) in [6.07, 6.45) is -0.635. The molecule has 6 nitrogen and oxygen atoms in total. The lowest BCUT2D eigenvalue weighted by Crippen LogP contribution is -2.40. The zero-order chi connectivity index (χ0) is 17.3. The lowest BCUT2D eigenvalue weighted by molar-refractivity contribution is 0.0513. The van der Waals surface area contributed by atoms with Gasteiger partial charge in [-0.3, -0.25) is 0 Å². The van der Waals surface area contributed by atoms with Crippen LogP contribution in [-0.4, -0.2) is 36.9 Å². The van der Waals surface area contributed by atoms with Gasteiger partial charge in [0.25, 0.3) is 0 Å². The molecule has 1 heterocycles. The fourth-order valence-corrected chi connectivity index (χ4v) is 4.73. The van der Waals surface area contributed by atoms with Crippen molar-refractivity contribution in [1.82, 2.24) is 10.3 Å². The Morgan fingerprint density at radius 1 is 1.35 bits per heavy atom. The molecule has 0 spiro atoms. The first-order valence-electron chi connectivity index (χ1n) is 7.15. The third-order valence-electron chi connectivity index (χ3n) is 2.77. The van der Waals surface area contributed by atoms with Crippen molar-refractivity contribution in [3.05, 3.63) is 24.3 Å².